The molecule has 0 spiro atoms. The second kappa shape index (κ2) is 6.92. The Labute approximate surface area is 120 Å². The van der Waals surface area contributed by atoms with E-state index in [2.05, 4.69) is 0 Å². The van der Waals surface area contributed by atoms with E-state index in [-0.39, 0.29) is 44.8 Å². The number of benzene rings is 1. The Kier molecular flexibility index (Phi) is 5.79. The van der Waals surface area contributed by atoms with E-state index in [1.165, 1.54) is 4.90 Å². The van der Waals surface area contributed by atoms with Crippen LogP contribution in [0.1, 0.15) is 10.4 Å². The van der Waals surface area contributed by atoms with Gasteiger partial charge in [0, 0.05) is 31.8 Å². The monoisotopic (exact) mass is 310 g/mol. The zero-order valence-corrected chi connectivity index (χ0v) is 11.3. The average Bonchev–Trinajstić information content (AvgIpc) is 2.37. The summed E-state index contributed by atoms with van der Waals surface area (Å²) in [4.78, 5) is 13.3. The zero-order valence-electron chi connectivity index (χ0n) is 10.4. The number of rotatable bonds is 2. The highest BCUT2D eigenvalue weighted by molar-refractivity contribution is 5.94. The molecule has 1 fully saturated rings. The molecule has 1 amide bonds. The van der Waals surface area contributed by atoms with Crippen LogP contribution in [-0.2, 0) is 4.74 Å². The van der Waals surface area contributed by atoms with Gasteiger partial charge in [0.1, 0.15) is 23.0 Å². The molecule has 20 heavy (non-hydrogen) atoms. The van der Waals surface area contributed by atoms with Gasteiger partial charge < -0.3 is 15.4 Å². The maximum atomic E-state index is 13.5. The highest BCUT2D eigenvalue weighted by Gasteiger charge is 2.28. The Bertz CT molecular complexity index is 479. The van der Waals surface area contributed by atoms with Crippen molar-refractivity contribution in [3.63, 3.8) is 0 Å². The Hall–Kier alpha value is -1.31. The van der Waals surface area contributed by atoms with Crippen molar-refractivity contribution in [2.24, 2.45) is 5.73 Å². The van der Waals surface area contributed by atoms with Crippen molar-refractivity contribution in [3.05, 3.63) is 35.1 Å². The quantitative estimate of drug-likeness (QED) is 0.896. The fourth-order valence-electron chi connectivity index (χ4n) is 1.95. The SMILES string of the molecule is Cl.NCC1CN(C(=O)c2c(F)cc(F)cc2F)CCO1. The largest absolute Gasteiger partial charge is 0.373 e. The van der Waals surface area contributed by atoms with Gasteiger partial charge in [0.05, 0.1) is 12.7 Å². The van der Waals surface area contributed by atoms with Crippen molar-refractivity contribution in [1.82, 2.24) is 4.90 Å². The first-order chi connectivity index (χ1) is 9.02. The molecule has 0 aliphatic carbocycles. The minimum absolute atomic E-state index is 0. The van der Waals surface area contributed by atoms with Crippen molar-refractivity contribution >= 4 is 18.3 Å². The second-order valence-electron chi connectivity index (χ2n) is 4.22. The van der Waals surface area contributed by atoms with Crippen LogP contribution in [-0.4, -0.2) is 43.2 Å². The lowest BCUT2D eigenvalue weighted by Gasteiger charge is -2.32. The highest BCUT2D eigenvalue weighted by atomic mass is 35.5. The summed E-state index contributed by atoms with van der Waals surface area (Å²) in [6, 6.07) is 0.967. The molecule has 0 aromatic heterocycles. The van der Waals surface area contributed by atoms with E-state index in [4.69, 9.17) is 10.5 Å². The van der Waals surface area contributed by atoms with Crippen molar-refractivity contribution in [2.45, 2.75) is 6.10 Å². The summed E-state index contributed by atoms with van der Waals surface area (Å²) in [7, 11) is 0. The van der Waals surface area contributed by atoms with Crippen LogP contribution in [0.4, 0.5) is 13.2 Å². The van der Waals surface area contributed by atoms with Crippen LogP contribution < -0.4 is 5.73 Å². The predicted molar refractivity (Wildman–Crippen MR) is 68.3 cm³/mol. The Morgan fingerprint density at radius 3 is 2.50 bits per heavy atom. The molecule has 1 aliphatic heterocycles. The van der Waals surface area contributed by atoms with Crippen molar-refractivity contribution in [3.8, 4) is 0 Å². The van der Waals surface area contributed by atoms with Crippen LogP contribution in [0.15, 0.2) is 12.1 Å². The third-order valence-electron chi connectivity index (χ3n) is 2.91. The summed E-state index contributed by atoms with van der Waals surface area (Å²) < 4.78 is 45.1. The topological polar surface area (TPSA) is 55.6 Å². The first-order valence-electron chi connectivity index (χ1n) is 5.78. The molecule has 1 aromatic rings. The minimum atomic E-state index is -1.21. The molecule has 0 radical (unpaired) electrons. The number of carbonyl (C=O) groups excluding carboxylic acids is 1. The van der Waals surface area contributed by atoms with Crippen molar-refractivity contribution < 1.29 is 22.7 Å². The Morgan fingerprint density at radius 2 is 1.95 bits per heavy atom. The highest BCUT2D eigenvalue weighted by Crippen LogP contribution is 2.18. The Morgan fingerprint density at radius 1 is 1.35 bits per heavy atom. The number of halogens is 4. The first-order valence-corrected chi connectivity index (χ1v) is 5.78. The van der Waals surface area contributed by atoms with Gasteiger partial charge in [-0.05, 0) is 0 Å². The molecule has 1 heterocycles. The van der Waals surface area contributed by atoms with E-state index in [1.54, 1.807) is 0 Å². The van der Waals surface area contributed by atoms with Gasteiger partial charge in [-0.25, -0.2) is 13.2 Å². The molecule has 112 valence electrons. The molecule has 8 heteroatoms. The molecule has 4 nitrogen and oxygen atoms in total. The van der Waals surface area contributed by atoms with Crippen LogP contribution >= 0.6 is 12.4 Å². The Balaban J connectivity index is 0.00000200. The molecule has 0 saturated carbocycles. The summed E-state index contributed by atoms with van der Waals surface area (Å²) in [5, 5.41) is 0. The lowest BCUT2D eigenvalue weighted by atomic mass is 10.1. The van der Waals surface area contributed by atoms with Gasteiger partial charge in [0.2, 0.25) is 0 Å². The number of carbonyl (C=O) groups is 1. The summed E-state index contributed by atoms with van der Waals surface area (Å²) in [6.45, 7) is 0.827. The average molecular weight is 311 g/mol. The molecule has 1 aromatic carbocycles. The maximum Gasteiger partial charge on any atom is 0.260 e. The second-order valence-corrected chi connectivity index (χ2v) is 4.22. The van der Waals surface area contributed by atoms with E-state index in [9.17, 15) is 18.0 Å². The van der Waals surface area contributed by atoms with Gasteiger partial charge >= 0.3 is 0 Å². The number of morpholine rings is 1. The van der Waals surface area contributed by atoms with Gasteiger partial charge in [0.25, 0.3) is 5.91 Å². The maximum absolute atomic E-state index is 13.5. The summed E-state index contributed by atoms with van der Waals surface area (Å²) in [5.74, 6) is -4.30. The lowest BCUT2D eigenvalue weighted by molar-refractivity contribution is -0.0170. The third kappa shape index (κ3) is 3.41. The van der Waals surface area contributed by atoms with E-state index < -0.39 is 28.9 Å². The number of amides is 1. The number of nitrogens with two attached hydrogens (primary N) is 1. The van der Waals surface area contributed by atoms with Gasteiger partial charge in [-0.2, -0.15) is 0 Å². The van der Waals surface area contributed by atoms with E-state index in [0.29, 0.717) is 12.1 Å². The summed E-state index contributed by atoms with van der Waals surface area (Å²) in [5.41, 5.74) is 4.67. The fourth-order valence-corrected chi connectivity index (χ4v) is 1.95. The zero-order chi connectivity index (χ0) is 14.0. The summed E-state index contributed by atoms with van der Waals surface area (Å²) >= 11 is 0. The molecular weight excluding hydrogens is 297 g/mol. The summed E-state index contributed by atoms with van der Waals surface area (Å²) in [6.07, 6.45) is -0.357. The van der Waals surface area contributed by atoms with Gasteiger partial charge in [0.15, 0.2) is 0 Å². The van der Waals surface area contributed by atoms with E-state index >= 15 is 0 Å². The molecule has 1 unspecified atom stereocenters. The number of hydrogen-bond acceptors (Lipinski definition) is 3. The molecule has 2 rings (SSSR count). The van der Waals surface area contributed by atoms with Gasteiger partial charge in [-0.3, -0.25) is 4.79 Å². The van der Waals surface area contributed by atoms with Crippen LogP contribution in [0, 0.1) is 17.5 Å². The van der Waals surface area contributed by atoms with Crippen LogP contribution in [0.2, 0.25) is 0 Å². The van der Waals surface area contributed by atoms with Crippen LogP contribution in [0.25, 0.3) is 0 Å². The lowest BCUT2D eigenvalue weighted by Crippen LogP contribution is -2.48. The molecule has 1 aliphatic rings. The van der Waals surface area contributed by atoms with E-state index in [0.717, 1.165) is 0 Å². The van der Waals surface area contributed by atoms with E-state index in [1.807, 2.05) is 0 Å². The van der Waals surface area contributed by atoms with Gasteiger partial charge in [-0.15, -0.1) is 12.4 Å². The minimum Gasteiger partial charge on any atom is -0.373 e. The molecule has 0 bridgehead atoms. The van der Waals surface area contributed by atoms with Crippen molar-refractivity contribution in [2.75, 3.05) is 26.2 Å². The molecular formula is C12H14ClF3N2O2. The molecule has 1 atom stereocenters. The van der Waals surface area contributed by atoms with Crippen molar-refractivity contribution in [1.29, 1.82) is 0 Å². The molecule has 2 N–H and O–H groups in total. The number of ether oxygens (including phenoxy) is 1. The number of nitrogens with zero attached hydrogens (tertiary/aromatic N) is 1. The smallest absolute Gasteiger partial charge is 0.260 e. The fraction of sp³-hybridized carbons (Fsp3) is 0.417. The third-order valence-corrected chi connectivity index (χ3v) is 2.91. The normalized spacial score (nSPS) is 18.6. The number of hydrogen-bond donors (Lipinski definition) is 1. The van der Waals surface area contributed by atoms with Gasteiger partial charge in [-0.1, -0.05) is 0 Å². The van der Waals surface area contributed by atoms with Crippen LogP contribution in [0.3, 0.4) is 0 Å². The van der Waals surface area contributed by atoms with Crippen LogP contribution in [0.5, 0.6) is 0 Å². The predicted octanol–water partition coefficient (Wildman–Crippen LogP) is 1.33. The first kappa shape index (κ1) is 16.7. The molecule has 1 saturated heterocycles. The standard InChI is InChI=1S/C12H13F3N2O2.ClH/c13-7-3-9(14)11(10(15)4-7)12(18)17-1-2-19-8(5-16)6-17;/h3-4,8H,1-2,5-6,16H2;1H.